The molecule has 1 aromatic heterocycles. The average molecular weight is 344 g/mol. The zero-order valence-corrected chi connectivity index (χ0v) is 14.2. The van der Waals surface area contributed by atoms with Crippen molar-refractivity contribution < 1.29 is 9.66 Å². The summed E-state index contributed by atoms with van der Waals surface area (Å²) in [4.78, 5) is 23.3. The first kappa shape index (κ1) is 16.7. The van der Waals surface area contributed by atoms with Gasteiger partial charge in [-0.15, -0.1) is 0 Å². The second-order valence-corrected chi connectivity index (χ2v) is 5.57. The van der Waals surface area contributed by atoms with Gasteiger partial charge in [0.15, 0.2) is 0 Å². The molecule has 0 radical (unpaired) electrons. The van der Waals surface area contributed by atoms with Crippen LogP contribution >= 0.6 is 0 Å². The first-order valence-electron chi connectivity index (χ1n) is 7.95. The number of ether oxygens (including phenoxy) is 1. The Hall–Kier alpha value is -3.10. The zero-order valence-electron chi connectivity index (χ0n) is 14.2. The van der Waals surface area contributed by atoms with Gasteiger partial charge in [-0.2, -0.15) is 0 Å². The van der Waals surface area contributed by atoms with Gasteiger partial charge in [0.05, 0.1) is 12.0 Å². The number of aromatic nitrogens is 2. The lowest BCUT2D eigenvalue weighted by molar-refractivity contribution is -0.383. The highest BCUT2D eigenvalue weighted by atomic mass is 16.6. The quantitative estimate of drug-likeness (QED) is 0.647. The van der Waals surface area contributed by atoms with E-state index in [1.54, 1.807) is 14.2 Å². The summed E-state index contributed by atoms with van der Waals surface area (Å²) in [5, 5.41) is 14.2. The van der Waals surface area contributed by atoms with Crippen molar-refractivity contribution in [3.8, 4) is 5.75 Å². The van der Waals surface area contributed by atoms with Crippen LogP contribution in [-0.4, -0.2) is 55.2 Å². The summed E-state index contributed by atoms with van der Waals surface area (Å²) in [7, 11) is 3.25. The van der Waals surface area contributed by atoms with E-state index in [1.807, 2.05) is 29.2 Å². The van der Waals surface area contributed by atoms with Crippen LogP contribution in [0.5, 0.6) is 5.75 Å². The Kier molecular flexibility index (Phi) is 4.82. The van der Waals surface area contributed by atoms with Crippen molar-refractivity contribution in [2.24, 2.45) is 0 Å². The molecule has 25 heavy (non-hydrogen) atoms. The molecule has 1 fully saturated rings. The van der Waals surface area contributed by atoms with Crippen molar-refractivity contribution in [3.63, 3.8) is 0 Å². The Morgan fingerprint density at radius 2 is 1.76 bits per heavy atom. The number of nitro groups is 1. The summed E-state index contributed by atoms with van der Waals surface area (Å²) < 4.78 is 5.18. The maximum atomic E-state index is 11.4. The standard InChI is InChI=1S/C16H20N6O3/c1-17-15-14(22(23)24)16(19-11-18-15)21-9-7-20(8-10-21)12-3-5-13(25-2)6-4-12/h3-6,11H,7-10H2,1-2H3,(H,17,18,19). The Morgan fingerprint density at radius 1 is 1.12 bits per heavy atom. The van der Waals surface area contributed by atoms with E-state index in [9.17, 15) is 10.1 Å². The molecule has 0 atom stereocenters. The maximum Gasteiger partial charge on any atom is 0.353 e. The molecule has 1 saturated heterocycles. The Labute approximate surface area is 145 Å². The Morgan fingerprint density at radius 3 is 2.32 bits per heavy atom. The van der Waals surface area contributed by atoms with Gasteiger partial charge >= 0.3 is 5.69 Å². The van der Waals surface area contributed by atoms with Gasteiger partial charge in [0.2, 0.25) is 11.6 Å². The molecule has 0 amide bonds. The van der Waals surface area contributed by atoms with E-state index in [4.69, 9.17) is 4.74 Å². The fraction of sp³-hybridized carbons (Fsp3) is 0.375. The van der Waals surface area contributed by atoms with E-state index >= 15 is 0 Å². The summed E-state index contributed by atoms with van der Waals surface area (Å²) in [6, 6.07) is 7.88. The fourth-order valence-corrected chi connectivity index (χ4v) is 2.92. The van der Waals surface area contributed by atoms with Gasteiger partial charge in [-0.1, -0.05) is 0 Å². The molecule has 2 heterocycles. The van der Waals surface area contributed by atoms with Crippen LogP contribution in [0, 0.1) is 10.1 Å². The van der Waals surface area contributed by atoms with E-state index in [0.29, 0.717) is 18.9 Å². The second kappa shape index (κ2) is 7.20. The third-order valence-electron chi connectivity index (χ3n) is 4.24. The van der Waals surface area contributed by atoms with Gasteiger partial charge in [0, 0.05) is 38.9 Å². The number of nitrogens with zero attached hydrogens (tertiary/aromatic N) is 5. The topological polar surface area (TPSA) is 96.7 Å². The van der Waals surface area contributed by atoms with E-state index in [2.05, 4.69) is 20.2 Å². The second-order valence-electron chi connectivity index (χ2n) is 5.57. The van der Waals surface area contributed by atoms with E-state index in [1.165, 1.54) is 6.33 Å². The van der Waals surface area contributed by atoms with Gasteiger partial charge in [-0.05, 0) is 24.3 Å². The van der Waals surface area contributed by atoms with Crippen LogP contribution in [0.1, 0.15) is 0 Å². The summed E-state index contributed by atoms with van der Waals surface area (Å²) in [5.41, 5.74) is 1.02. The van der Waals surface area contributed by atoms with Crippen molar-refractivity contribution in [3.05, 3.63) is 40.7 Å². The van der Waals surface area contributed by atoms with E-state index in [0.717, 1.165) is 24.5 Å². The SMILES string of the molecule is CNc1ncnc(N2CCN(c3ccc(OC)cc3)CC2)c1[N+](=O)[O-]. The van der Waals surface area contributed by atoms with Crippen LogP contribution in [0.2, 0.25) is 0 Å². The monoisotopic (exact) mass is 344 g/mol. The summed E-state index contributed by atoms with van der Waals surface area (Å²) >= 11 is 0. The van der Waals surface area contributed by atoms with Gasteiger partial charge in [0.25, 0.3) is 0 Å². The molecule has 2 aromatic rings. The van der Waals surface area contributed by atoms with Crippen LogP contribution in [0.3, 0.4) is 0 Å². The van der Waals surface area contributed by atoms with Gasteiger partial charge in [-0.25, -0.2) is 9.97 Å². The average Bonchev–Trinajstić information content (AvgIpc) is 2.67. The van der Waals surface area contributed by atoms with E-state index < -0.39 is 4.92 Å². The van der Waals surface area contributed by atoms with Gasteiger partial charge in [0.1, 0.15) is 12.1 Å². The third kappa shape index (κ3) is 3.39. The summed E-state index contributed by atoms with van der Waals surface area (Å²) in [6.45, 7) is 2.80. The molecular weight excluding hydrogens is 324 g/mol. The van der Waals surface area contributed by atoms with Crippen molar-refractivity contribution in [1.82, 2.24) is 9.97 Å². The predicted molar refractivity (Wildman–Crippen MR) is 95.7 cm³/mol. The lowest BCUT2D eigenvalue weighted by Gasteiger charge is -2.36. The Balaban J connectivity index is 1.75. The molecule has 1 aliphatic rings. The minimum absolute atomic E-state index is 0.0807. The van der Waals surface area contributed by atoms with Crippen LogP contribution in [0.25, 0.3) is 0 Å². The molecule has 0 unspecified atom stereocenters. The van der Waals surface area contributed by atoms with Gasteiger partial charge in [-0.3, -0.25) is 10.1 Å². The molecule has 0 saturated carbocycles. The highest BCUT2D eigenvalue weighted by Gasteiger charge is 2.28. The number of hydrogen-bond donors (Lipinski definition) is 1. The molecule has 9 nitrogen and oxygen atoms in total. The van der Waals surface area contributed by atoms with Crippen molar-refractivity contribution >= 4 is 23.0 Å². The van der Waals surface area contributed by atoms with Gasteiger partial charge < -0.3 is 19.9 Å². The number of rotatable bonds is 5. The first-order chi connectivity index (χ1) is 12.1. The molecule has 132 valence electrons. The minimum Gasteiger partial charge on any atom is -0.497 e. The minimum atomic E-state index is -0.434. The normalized spacial score (nSPS) is 14.3. The number of methoxy groups -OCH3 is 1. The fourth-order valence-electron chi connectivity index (χ4n) is 2.92. The van der Waals surface area contributed by atoms with Crippen molar-refractivity contribution in [2.45, 2.75) is 0 Å². The molecule has 3 rings (SSSR count). The summed E-state index contributed by atoms with van der Waals surface area (Å²) in [5.74, 6) is 1.41. The van der Waals surface area contributed by atoms with Crippen LogP contribution < -0.4 is 19.9 Å². The smallest absolute Gasteiger partial charge is 0.353 e. The molecule has 1 aromatic carbocycles. The number of piperazine rings is 1. The highest BCUT2D eigenvalue weighted by Crippen LogP contribution is 2.32. The number of hydrogen-bond acceptors (Lipinski definition) is 8. The van der Waals surface area contributed by atoms with Crippen molar-refractivity contribution in [1.29, 1.82) is 0 Å². The highest BCUT2D eigenvalue weighted by molar-refractivity contribution is 5.70. The first-order valence-corrected chi connectivity index (χ1v) is 7.95. The van der Waals surface area contributed by atoms with E-state index in [-0.39, 0.29) is 11.5 Å². The largest absolute Gasteiger partial charge is 0.497 e. The molecule has 0 aliphatic carbocycles. The number of anilines is 3. The van der Waals surface area contributed by atoms with Crippen LogP contribution in [0.15, 0.2) is 30.6 Å². The lowest BCUT2D eigenvalue weighted by atomic mass is 10.2. The molecule has 1 N–H and O–H groups in total. The predicted octanol–water partition coefficient (Wildman–Crippen LogP) is 1.76. The Bertz CT molecular complexity index is 744. The number of nitrogens with one attached hydrogen (secondary N) is 1. The molecule has 0 bridgehead atoms. The zero-order chi connectivity index (χ0) is 17.8. The van der Waals surface area contributed by atoms with Crippen LogP contribution in [-0.2, 0) is 0 Å². The molecule has 1 aliphatic heterocycles. The molecular formula is C16H20N6O3. The third-order valence-corrected chi connectivity index (χ3v) is 4.24. The lowest BCUT2D eigenvalue weighted by Crippen LogP contribution is -2.47. The van der Waals surface area contributed by atoms with Crippen molar-refractivity contribution in [2.75, 3.05) is 55.5 Å². The number of benzene rings is 1. The molecule has 0 spiro atoms. The molecule has 9 heteroatoms. The summed E-state index contributed by atoms with van der Waals surface area (Å²) in [6.07, 6.45) is 1.35. The van der Waals surface area contributed by atoms with Crippen LogP contribution in [0.4, 0.5) is 23.0 Å². The maximum absolute atomic E-state index is 11.4.